The molecule has 158 valence electrons. The van der Waals surface area contributed by atoms with Gasteiger partial charge in [0.05, 0.1) is 11.1 Å². The van der Waals surface area contributed by atoms with Crippen LogP contribution in [0, 0.1) is 17.8 Å². The lowest BCUT2D eigenvalue weighted by molar-refractivity contribution is 0.355. The molecule has 4 rings (SSSR count). The van der Waals surface area contributed by atoms with Crippen molar-refractivity contribution in [2.24, 2.45) is 23.5 Å². The van der Waals surface area contributed by atoms with Crippen molar-refractivity contribution in [3.8, 4) is 0 Å². The molecule has 2 aliphatic rings. The highest BCUT2D eigenvalue weighted by Gasteiger charge is 2.40. The molecule has 1 aliphatic heterocycles. The van der Waals surface area contributed by atoms with Crippen LogP contribution in [0.4, 0.5) is 5.82 Å². The van der Waals surface area contributed by atoms with Crippen LogP contribution in [0.25, 0.3) is 11.0 Å². The first-order valence-corrected chi connectivity index (χ1v) is 10.3. The van der Waals surface area contributed by atoms with E-state index < -0.39 is 0 Å². The molecule has 2 bridgehead atoms. The fraction of sp³-hybridized carbons (Fsp3) is 0.750. The average Bonchev–Trinajstić information content (AvgIpc) is 3.04. The van der Waals surface area contributed by atoms with E-state index in [9.17, 15) is 0 Å². The van der Waals surface area contributed by atoms with Crippen molar-refractivity contribution >= 4 is 41.7 Å². The SMILES string of the molecule is CCCCn1nc(CC(C)C)c2c(N3C[C@H]4CC[C@@H](C3)C4N)ncnc21.Cl.Cl. The summed E-state index contributed by atoms with van der Waals surface area (Å²) < 4.78 is 2.10. The van der Waals surface area contributed by atoms with Gasteiger partial charge in [-0.25, -0.2) is 14.6 Å². The number of rotatable bonds is 6. The summed E-state index contributed by atoms with van der Waals surface area (Å²) in [6.45, 7) is 9.68. The number of unbranched alkanes of at least 4 members (excludes halogenated alkanes) is 1. The maximum absolute atomic E-state index is 6.42. The molecular formula is C20H34Cl2N6. The topological polar surface area (TPSA) is 72.9 Å². The zero-order chi connectivity index (χ0) is 18.3. The zero-order valence-corrected chi connectivity index (χ0v) is 18.8. The predicted molar refractivity (Wildman–Crippen MR) is 120 cm³/mol. The lowest BCUT2D eigenvalue weighted by atomic mass is 9.93. The highest BCUT2D eigenvalue weighted by Crippen LogP contribution is 2.39. The van der Waals surface area contributed by atoms with Crippen LogP contribution < -0.4 is 10.6 Å². The first-order valence-electron chi connectivity index (χ1n) is 10.3. The monoisotopic (exact) mass is 428 g/mol. The quantitative estimate of drug-likeness (QED) is 0.755. The summed E-state index contributed by atoms with van der Waals surface area (Å²) in [5.74, 6) is 2.84. The Balaban J connectivity index is 0.00000140. The van der Waals surface area contributed by atoms with Crippen molar-refractivity contribution < 1.29 is 0 Å². The van der Waals surface area contributed by atoms with Gasteiger partial charge >= 0.3 is 0 Å². The Labute approximate surface area is 180 Å². The number of nitrogens with zero attached hydrogens (tertiary/aromatic N) is 5. The van der Waals surface area contributed by atoms with E-state index in [2.05, 4.69) is 35.3 Å². The summed E-state index contributed by atoms with van der Waals surface area (Å²) in [5, 5.41) is 6.13. The molecule has 2 aromatic rings. The molecule has 1 unspecified atom stereocenters. The van der Waals surface area contributed by atoms with Gasteiger partial charge < -0.3 is 10.6 Å². The number of fused-ring (bicyclic) bond motifs is 3. The predicted octanol–water partition coefficient (Wildman–Crippen LogP) is 3.84. The van der Waals surface area contributed by atoms with Gasteiger partial charge in [-0.05, 0) is 43.4 Å². The number of anilines is 1. The van der Waals surface area contributed by atoms with Gasteiger partial charge in [0, 0.05) is 25.7 Å². The van der Waals surface area contributed by atoms with E-state index in [4.69, 9.17) is 15.8 Å². The molecule has 28 heavy (non-hydrogen) atoms. The Kier molecular flexibility index (Phi) is 7.94. The molecule has 8 heteroatoms. The molecule has 1 saturated heterocycles. The van der Waals surface area contributed by atoms with Gasteiger partial charge in [0.25, 0.3) is 0 Å². The molecule has 0 spiro atoms. The van der Waals surface area contributed by atoms with Crippen molar-refractivity contribution in [1.82, 2.24) is 19.7 Å². The number of hydrogen-bond acceptors (Lipinski definition) is 5. The molecule has 1 aliphatic carbocycles. The van der Waals surface area contributed by atoms with Crippen LogP contribution in [-0.2, 0) is 13.0 Å². The number of nitrogens with two attached hydrogens (primary N) is 1. The van der Waals surface area contributed by atoms with E-state index in [0.29, 0.717) is 23.8 Å². The summed E-state index contributed by atoms with van der Waals surface area (Å²) in [4.78, 5) is 11.8. The minimum atomic E-state index is 0. The Morgan fingerprint density at radius 1 is 1.14 bits per heavy atom. The summed E-state index contributed by atoms with van der Waals surface area (Å²) in [6, 6.07) is 0.367. The molecule has 0 radical (unpaired) electrons. The highest BCUT2D eigenvalue weighted by atomic mass is 35.5. The number of aromatic nitrogens is 4. The standard InChI is InChI=1S/C20H32N6.2ClH/c1-4-5-8-26-20-17(16(24-26)9-13(2)3)19(22-12-23-20)25-10-14-6-7-15(11-25)18(14)21;;/h12-15,18H,4-11,21H2,1-3H3;2*1H/t14-,15+,18?;;. The normalized spacial score (nSPS) is 23.8. The summed E-state index contributed by atoms with van der Waals surface area (Å²) in [6.07, 6.45) is 7.48. The van der Waals surface area contributed by atoms with Crippen molar-refractivity contribution in [3.63, 3.8) is 0 Å². The third-order valence-corrected chi connectivity index (χ3v) is 6.11. The highest BCUT2D eigenvalue weighted by molar-refractivity contribution is 5.90. The fourth-order valence-electron chi connectivity index (χ4n) is 4.73. The second-order valence-electron chi connectivity index (χ2n) is 8.60. The lowest BCUT2D eigenvalue weighted by Crippen LogP contribution is -2.49. The van der Waals surface area contributed by atoms with Crippen molar-refractivity contribution in [2.75, 3.05) is 18.0 Å². The average molecular weight is 429 g/mol. The number of aryl methyl sites for hydroxylation is 1. The summed E-state index contributed by atoms with van der Waals surface area (Å²) in [5.41, 5.74) is 8.57. The molecule has 2 N–H and O–H groups in total. The largest absolute Gasteiger partial charge is 0.355 e. The second-order valence-corrected chi connectivity index (χ2v) is 8.60. The van der Waals surface area contributed by atoms with Crippen molar-refractivity contribution in [1.29, 1.82) is 0 Å². The molecule has 2 aromatic heterocycles. The van der Waals surface area contributed by atoms with E-state index in [1.165, 1.54) is 18.2 Å². The van der Waals surface area contributed by atoms with Crippen LogP contribution in [0.1, 0.15) is 52.1 Å². The minimum absolute atomic E-state index is 0. The Hall–Kier alpha value is -1.11. The second kappa shape index (κ2) is 9.59. The van der Waals surface area contributed by atoms with Crippen LogP contribution >= 0.6 is 24.8 Å². The molecule has 3 heterocycles. The van der Waals surface area contributed by atoms with Crippen LogP contribution in [0.2, 0.25) is 0 Å². The van der Waals surface area contributed by atoms with E-state index in [1.54, 1.807) is 6.33 Å². The molecule has 0 aromatic carbocycles. The minimum Gasteiger partial charge on any atom is -0.355 e. The van der Waals surface area contributed by atoms with E-state index in [-0.39, 0.29) is 24.8 Å². The molecule has 0 amide bonds. The first kappa shape index (κ1) is 23.2. The third kappa shape index (κ3) is 4.24. The lowest BCUT2D eigenvalue weighted by Gasteiger charge is -2.37. The van der Waals surface area contributed by atoms with Gasteiger partial charge in [-0.15, -0.1) is 24.8 Å². The van der Waals surface area contributed by atoms with Gasteiger partial charge in [0.15, 0.2) is 5.65 Å². The van der Waals surface area contributed by atoms with Gasteiger partial charge in [-0.2, -0.15) is 5.10 Å². The molecule has 1 saturated carbocycles. The van der Waals surface area contributed by atoms with Crippen LogP contribution in [-0.4, -0.2) is 38.9 Å². The molecule has 3 atom stereocenters. The van der Waals surface area contributed by atoms with Gasteiger partial charge in [0.2, 0.25) is 0 Å². The van der Waals surface area contributed by atoms with Crippen molar-refractivity contribution in [2.45, 2.75) is 65.5 Å². The van der Waals surface area contributed by atoms with Crippen LogP contribution in [0.3, 0.4) is 0 Å². The van der Waals surface area contributed by atoms with E-state index in [1.807, 2.05) is 0 Å². The van der Waals surface area contributed by atoms with E-state index in [0.717, 1.165) is 56.1 Å². The number of hydrogen-bond donors (Lipinski definition) is 1. The molecule has 6 nitrogen and oxygen atoms in total. The Morgan fingerprint density at radius 2 is 1.82 bits per heavy atom. The number of halogens is 2. The molecule has 2 fully saturated rings. The van der Waals surface area contributed by atoms with Crippen LogP contribution in [0.15, 0.2) is 6.33 Å². The fourth-order valence-corrected chi connectivity index (χ4v) is 4.73. The van der Waals surface area contributed by atoms with Gasteiger partial charge in [0.1, 0.15) is 12.1 Å². The first-order chi connectivity index (χ1) is 12.6. The Bertz CT molecular complexity index is 763. The third-order valence-electron chi connectivity index (χ3n) is 6.11. The summed E-state index contributed by atoms with van der Waals surface area (Å²) in [7, 11) is 0. The smallest absolute Gasteiger partial charge is 0.163 e. The zero-order valence-electron chi connectivity index (χ0n) is 17.2. The van der Waals surface area contributed by atoms with Gasteiger partial charge in [-0.3, -0.25) is 0 Å². The molecular weight excluding hydrogens is 395 g/mol. The maximum atomic E-state index is 6.42. The Morgan fingerprint density at radius 3 is 2.43 bits per heavy atom. The van der Waals surface area contributed by atoms with Crippen LogP contribution in [0.5, 0.6) is 0 Å². The number of piperidine rings is 1. The van der Waals surface area contributed by atoms with Crippen molar-refractivity contribution in [3.05, 3.63) is 12.0 Å². The van der Waals surface area contributed by atoms with Gasteiger partial charge in [-0.1, -0.05) is 27.2 Å². The van der Waals surface area contributed by atoms with E-state index >= 15 is 0 Å². The maximum Gasteiger partial charge on any atom is 0.163 e. The summed E-state index contributed by atoms with van der Waals surface area (Å²) >= 11 is 0.